The minimum absolute atomic E-state index is 0.128. The topological polar surface area (TPSA) is 63.7 Å². The van der Waals surface area contributed by atoms with Crippen molar-refractivity contribution in [2.45, 2.75) is 30.8 Å². The third-order valence-electron chi connectivity index (χ3n) is 5.26. The highest BCUT2D eigenvalue weighted by Gasteiger charge is 2.26. The first-order valence-electron chi connectivity index (χ1n) is 9.80. The lowest BCUT2D eigenvalue weighted by Crippen LogP contribution is -2.35. The van der Waals surface area contributed by atoms with Gasteiger partial charge < -0.3 is 4.74 Å². The second kappa shape index (κ2) is 8.35. The molecule has 1 heterocycles. The van der Waals surface area contributed by atoms with Crippen molar-refractivity contribution >= 4 is 26.8 Å². The number of hydrogen-bond donors (Lipinski definition) is 0. The summed E-state index contributed by atoms with van der Waals surface area (Å²) in [5.41, 5.74) is 1.15. The summed E-state index contributed by atoms with van der Waals surface area (Å²) in [6.45, 7) is 1.18. The van der Waals surface area contributed by atoms with Gasteiger partial charge in [0.1, 0.15) is 6.61 Å². The van der Waals surface area contributed by atoms with E-state index in [0.29, 0.717) is 13.1 Å². The van der Waals surface area contributed by atoms with Crippen LogP contribution in [0.5, 0.6) is 0 Å². The van der Waals surface area contributed by atoms with Crippen molar-refractivity contribution in [2.24, 2.45) is 0 Å². The van der Waals surface area contributed by atoms with Crippen LogP contribution >= 0.6 is 0 Å². The van der Waals surface area contributed by atoms with Gasteiger partial charge in [0.25, 0.3) is 0 Å². The van der Waals surface area contributed by atoms with Gasteiger partial charge in [0.2, 0.25) is 10.0 Å². The van der Waals surface area contributed by atoms with Gasteiger partial charge in [0.15, 0.2) is 0 Å². The number of esters is 1. The van der Waals surface area contributed by atoms with Crippen molar-refractivity contribution in [3.8, 4) is 0 Å². The Kier molecular flexibility index (Phi) is 5.65. The molecule has 3 aromatic rings. The van der Waals surface area contributed by atoms with E-state index in [2.05, 4.69) is 0 Å². The Bertz CT molecular complexity index is 1130. The number of hydrogen-bond acceptors (Lipinski definition) is 4. The minimum atomic E-state index is -3.59. The van der Waals surface area contributed by atoms with E-state index in [-0.39, 0.29) is 17.1 Å². The SMILES string of the molecule is O=C(OCc1cccc2ccccc12)c1cccc(S(=O)(=O)N2CCCCC2)c1. The molecule has 0 aliphatic carbocycles. The molecule has 4 rings (SSSR count). The Balaban J connectivity index is 1.51. The number of carbonyl (C=O) groups is 1. The summed E-state index contributed by atoms with van der Waals surface area (Å²) in [5.74, 6) is -0.534. The van der Waals surface area contributed by atoms with Crippen LogP contribution in [0, 0.1) is 0 Å². The standard InChI is InChI=1S/C23H23NO4S/c25-23(28-17-20-11-6-9-18-8-2-3-13-22(18)20)19-10-7-12-21(16-19)29(26,27)24-14-4-1-5-15-24/h2-3,6-13,16H,1,4-5,14-15,17H2. The van der Waals surface area contributed by atoms with Gasteiger partial charge in [-0.15, -0.1) is 0 Å². The van der Waals surface area contributed by atoms with Crippen LogP contribution in [0.1, 0.15) is 35.2 Å². The van der Waals surface area contributed by atoms with E-state index in [1.54, 1.807) is 12.1 Å². The van der Waals surface area contributed by atoms with Gasteiger partial charge in [-0.1, -0.05) is 55.0 Å². The lowest BCUT2D eigenvalue weighted by molar-refractivity contribution is 0.0474. The summed E-state index contributed by atoms with van der Waals surface area (Å²) < 4.78 is 32.7. The maximum atomic E-state index is 12.9. The highest BCUT2D eigenvalue weighted by atomic mass is 32.2. The Morgan fingerprint density at radius 3 is 2.45 bits per heavy atom. The summed E-state index contributed by atoms with van der Waals surface area (Å²) in [6.07, 6.45) is 2.78. The third kappa shape index (κ3) is 4.18. The largest absolute Gasteiger partial charge is 0.457 e. The molecule has 0 unspecified atom stereocenters. The fraction of sp³-hybridized carbons (Fsp3) is 0.261. The smallest absolute Gasteiger partial charge is 0.338 e. The monoisotopic (exact) mass is 409 g/mol. The van der Waals surface area contributed by atoms with E-state index in [0.717, 1.165) is 35.6 Å². The van der Waals surface area contributed by atoms with Gasteiger partial charge in [-0.25, -0.2) is 13.2 Å². The van der Waals surface area contributed by atoms with E-state index in [9.17, 15) is 13.2 Å². The average Bonchev–Trinajstić information content (AvgIpc) is 2.78. The van der Waals surface area contributed by atoms with E-state index in [1.807, 2.05) is 42.5 Å². The molecule has 0 spiro atoms. The van der Waals surface area contributed by atoms with Gasteiger partial charge >= 0.3 is 5.97 Å². The molecule has 6 heteroatoms. The molecule has 29 heavy (non-hydrogen) atoms. The molecule has 1 saturated heterocycles. The molecule has 0 N–H and O–H groups in total. The number of piperidine rings is 1. The van der Waals surface area contributed by atoms with Crippen molar-refractivity contribution in [3.63, 3.8) is 0 Å². The molecule has 0 atom stereocenters. The van der Waals surface area contributed by atoms with E-state index >= 15 is 0 Å². The number of rotatable bonds is 5. The van der Waals surface area contributed by atoms with Crippen LogP contribution in [0.4, 0.5) is 0 Å². The first-order chi connectivity index (χ1) is 14.1. The van der Waals surface area contributed by atoms with Gasteiger partial charge in [-0.3, -0.25) is 0 Å². The predicted molar refractivity (Wildman–Crippen MR) is 112 cm³/mol. The highest BCUT2D eigenvalue weighted by molar-refractivity contribution is 7.89. The van der Waals surface area contributed by atoms with Gasteiger partial charge in [-0.05, 0) is 47.4 Å². The second-order valence-electron chi connectivity index (χ2n) is 7.21. The summed E-state index contributed by atoms with van der Waals surface area (Å²) in [6, 6.07) is 19.9. The molecule has 1 aliphatic heterocycles. The zero-order valence-electron chi connectivity index (χ0n) is 16.1. The average molecular weight is 410 g/mol. The Morgan fingerprint density at radius 1 is 0.897 bits per heavy atom. The first-order valence-corrected chi connectivity index (χ1v) is 11.2. The summed E-state index contributed by atoms with van der Waals surface area (Å²) in [5, 5.41) is 2.11. The van der Waals surface area contributed by atoms with Crippen molar-refractivity contribution in [3.05, 3.63) is 77.9 Å². The maximum absolute atomic E-state index is 12.9. The van der Waals surface area contributed by atoms with Crippen LogP contribution in [0.25, 0.3) is 10.8 Å². The number of benzene rings is 3. The first kappa shape index (κ1) is 19.6. The maximum Gasteiger partial charge on any atom is 0.338 e. The van der Waals surface area contributed by atoms with Crippen molar-refractivity contribution in [2.75, 3.05) is 13.1 Å². The third-order valence-corrected chi connectivity index (χ3v) is 7.16. The van der Waals surface area contributed by atoms with Crippen molar-refractivity contribution < 1.29 is 17.9 Å². The Hall–Kier alpha value is -2.70. The molecule has 0 bridgehead atoms. The molecule has 0 saturated carbocycles. The second-order valence-corrected chi connectivity index (χ2v) is 9.14. The van der Waals surface area contributed by atoms with E-state index in [4.69, 9.17) is 4.74 Å². The van der Waals surface area contributed by atoms with Gasteiger partial charge in [0.05, 0.1) is 10.5 Å². The lowest BCUT2D eigenvalue weighted by Gasteiger charge is -2.25. The molecule has 1 fully saturated rings. The molecule has 3 aromatic carbocycles. The fourth-order valence-electron chi connectivity index (χ4n) is 3.68. The molecule has 5 nitrogen and oxygen atoms in total. The van der Waals surface area contributed by atoms with Crippen molar-refractivity contribution in [1.82, 2.24) is 4.31 Å². The van der Waals surface area contributed by atoms with Crippen LogP contribution in [-0.4, -0.2) is 31.8 Å². The van der Waals surface area contributed by atoms with Gasteiger partial charge in [0, 0.05) is 13.1 Å². The quantitative estimate of drug-likeness (QED) is 0.587. The predicted octanol–water partition coefficient (Wildman–Crippen LogP) is 4.37. The molecule has 150 valence electrons. The normalized spacial score (nSPS) is 15.3. The zero-order valence-corrected chi connectivity index (χ0v) is 16.9. The molecular formula is C23H23NO4S. The van der Waals surface area contributed by atoms with E-state index < -0.39 is 16.0 Å². The number of nitrogens with zero attached hydrogens (tertiary/aromatic N) is 1. The number of carbonyl (C=O) groups excluding carboxylic acids is 1. The lowest BCUT2D eigenvalue weighted by atomic mass is 10.1. The van der Waals surface area contributed by atoms with E-state index in [1.165, 1.54) is 16.4 Å². The summed E-state index contributed by atoms with van der Waals surface area (Å²) >= 11 is 0. The molecule has 0 amide bonds. The zero-order chi connectivity index (χ0) is 20.3. The van der Waals surface area contributed by atoms with Crippen LogP contribution in [-0.2, 0) is 21.4 Å². The fourth-order valence-corrected chi connectivity index (χ4v) is 5.25. The molecule has 0 radical (unpaired) electrons. The van der Waals surface area contributed by atoms with Crippen LogP contribution in [0.15, 0.2) is 71.6 Å². The Morgan fingerprint density at radius 2 is 1.62 bits per heavy atom. The number of fused-ring (bicyclic) bond motifs is 1. The molecule has 0 aromatic heterocycles. The van der Waals surface area contributed by atoms with Gasteiger partial charge in [-0.2, -0.15) is 4.31 Å². The Labute approximate surface area is 171 Å². The van der Waals surface area contributed by atoms with Crippen LogP contribution in [0.3, 0.4) is 0 Å². The molecule has 1 aliphatic rings. The summed E-state index contributed by atoms with van der Waals surface area (Å²) in [4.78, 5) is 12.7. The van der Waals surface area contributed by atoms with Crippen molar-refractivity contribution in [1.29, 1.82) is 0 Å². The van der Waals surface area contributed by atoms with Crippen LogP contribution in [0.2, 0.25) is 0 Å². The number of sulfonamides is 1. The minimum Gasteiger partial charge on any atom is -0.457 e. The summed E-state index contributed by atoms with van der Waals surface area (Å²) in [7, 11) is -3.59. The van der Waals surface area contributed by atoms with Crippen LogP contribution < -0.4 is 0 Å². The number of ether oxygens (including phenoxy) is 1. The highest BCUT2D eigenvalue weighted by Crippen LogP contribution is 2.23. The molecular weight excluding hydrogens is 386 g/mol.